The average molecular weight is 296 g/mol. The number of carbonyl (C=O) groups excluding carboxylic acids is 2. The van der Waals surface area contributed by atoms with Crippen LogP contribution >= 0.6 is 11.8 Å². The summed E-state index contributed by atoms with van der Waals surface area (Å²) in [4.78, 5) is 28.3. The molecule has 1 saturated heterocycles. The van der Waals surface area contributed by atoms with Crippen LogP contribution in [0, 0.1) is 17.8 Å². The fraction of sp³-hybridized carbons (Fsp3) is 0.786. The lowest BCUT2D eigenvalue weighted by atomic mass is 9.95. The molecule has 2 saturated carbocycles. The van der Waals surface area contributed by atoms with Crippen molar-refractivity contribution >= 4 is 28.6 Å². The maximum absolute atomic E-state index is 12.1. The zero-order valence-electron chi connectivity index (χ0n) is 11.8. The summed E-state index contributed by atoms with van der Waals surface area (Å²) in [6, 6.07) is 0.173. The summed E-state index contributed by atoms with van der Waals surface area (Å²) in [5, 5.41) is 12.8. The fourth-order valence-corrected chi connectivity index (χ4v) is 4.52. The van der Waals surface area contributed by atoms with Crippen molar-refractivity contribution < 1.29 is 14.7 Å². The first-order valence-corrected chi connectivity index (χ1v) is 7.97. The van der Waals surface area contributed by atoms with E-state index in [1.165, 1.54) is 11.8 Å². The number of amidine groups is 1. The number of fused-ring (bicyclic) bond motifs is 2. The maximum Gasteiger partial charge on any atom is 0.242 e. The lowest BCUT2D eigenvalue weighted by Crippen LogP contribution is -2.40. The molecule has 0 aromatic rings. The Kier molecular flexibility index (Phi) is 3.41. The average Bonchev–Trinajstić information content (AvgIpc) is 3.03. The van der Waals surface area contributed by atoms with Crippen LogP contribution in [0.2, 0.25) is 0 Å². The van der Waals surface area contributed by atoms with E-state index in [1.54, 1.807) is 0 Å². The molecule has 2 aliphatic carbocycles. The highest BCUT2D eigenvalue weighted by Crippen LogP contribution is 2.45. The second kappa shape index (κ2) is 4.84. The van der Waals surface area contributed by atoms with Crippen LogP contribution in [0.5, 0.6) is 0 Å². The summed E-state index contributed by atoms with van der Waals surface area (Å²) < 4.78 is -0.652. The Morgan fingerprint density at radius 3 is 2.80 bits per heavy atom. The van der Waals surface area contributed by atoms with Gasteiger partial charge in [-0.3, -0.25) is 14.6 Å². The molecule has 3 rings (SSSR count). The Balaban J connectivity index is 1.73. The minimum atomic E-state index is -0.652. The third-order valence-corrected chi connectivity index (χ3v) is 6.47. The Morgan fingerprint density at radius 2 is 2.25 bits per heavy atom. The lowest BCUT2D eigenvalue weighted by Gasteiger charge is -2.24. The molecular formula is C14H20N2O3S. The van der Waals surface area contributed by atoms with Crippen LogP contribution in [0.15, 0.2) is 4.99 Å². The second-order valence-electron chi connectivity index (χ2n) is 6.35. The molecule has 1 aliphatic heterocycles. The lowest BCUT2D eigenvalue weighted by molar-refractivity contribution is -0.123. The number of aliphatic imine (C=N–C) groups is 1. The van der Waals surface area contributed by atoms with Crippen LogP contribution in [0.4, 0.5) is 0 Å². The molecule has 0 spiro atoms. The summed E-state index contributed by atoms with van der Waals surface area (Å²) in [6.07, 6.45) is 2.44. The summed E-state index contributed by atoms with van der Waals surface area (Å²) in [5.41, 5.74) is 0. The third-order valence-electron chi connectivity index (χ3n) is 5.05. The molecule has 0 radical (unpaired) electrons. The van der Waals surface area contributed by atoms with E-state index >= 15 is 0 Å². The third kappa shape index (κ3) is 2.09. The Hall–Kier alpha value is -0.880. The van der Waals surface area contributed by atoms with Crippen LogP contribution in [-0.2, 0) is 9.59 Å². The van der Waals surface area contributed by atoms with Crippen molar-refractivity contribution in [1.82, 2.24) is 5.32 Å². The van der Waals surface area contributed by atoms with Gasteiger partial charge in [-0.2, -0.15) is 0 Å². The van der Waals surface area contributed by atoms with Gasteiger partial charge in [-0.25, -0.2) is 0 Å². The molecule has 2 N–H and O–H groups in total. The van der Waals surface area contributed by atoms with Crippen molar-refractivity contribution in [2.45, 2.75) is 43.9 Å². The Labute approximate surface area is 122 Å². The molecule has 0 aromatic heterocycles. The van der Waals surface area contributed by atoms with Crippen LogP contribution < -0.4 is 5.32 Å². The first-order valence-electron chi connectivity index (χ1n) is 7.16. The van der Waals surface area contributed by atoms with E-state index in [4.69, 9.17) is 0 Å². The molecule has 20 heavy (non-hydrogen) atoms. The molecule has 110 valence electrons. The fourth-order valence-electron chi connectivity index (χ4n) is 3.37. The van der Waals surface area contributed by atoms with Crippen molar-refractivity contribution in [3.8, 4) is 0 Å². The largest absolute Gasteiger partial charge is 0.396 e. The summed E-state index contributed by atoms with van der Waals surface area (Å²) in [6.45, 7) is 3.69. The molecule has 5 atom stereocenters. The molecule has 0 unspecified atom stereocenters. The van der Waals surface area contributed by atoms with Gasteiger partial charge in [0, 0.05) is 24.9 Å². The van der Waals surface area contributed by atoms with Gasteiger partial charge in [0.1, 0.15) is 10.5 Å². The highest BCUT2D eigenvalue weighted by atomic mass is 32.2. The predicted octanol–water partition coefficient (Wildman–Crippen LogP) is 0.960. The molecule has 0 aromatic carbocycles. The van der Waals surface area contributed by atoms with Gasteiger partial charge in [-0.1, -0.05) is 18.7 Å². The molecular weight excluding hydrogens is 276 g/mol. The number of rotatable bonds is 3. The summed E-state index contributed by atoms with van der Waals surface area (Å²) in [7, 11) is 0. The van der Waals surface area contributed by atoms with Gasteiger partial charge in [-0.15, -0.1) is 0 Å². The van der Waals surface area contributed by atoms with Gasteiger partial charge in [-0.05, 0) is 25.7 Å². The Morgan fingerprint density at radius 1 is 1.50 bits per heavy atom. The Bertz CT molecular complexity index is 493. The minimum Gasteiger partial charge on any atom is -0.396 e. The van der Waals surface area contributed by atoms with Crippen LogP contribution in [-0.4, -0.2) is 39.4 Å². The van der Waals surface area contributed by atoms with Gasteiger partial charge in [0.25, 0.3) is 0 Å². The normalized spacial score (nSPS) is 43.4. The van der Waals surface area contributed by atoms with Crippen molar-refractivity contribution in [2.75, 3.05) is 6.61 Å². The van der Waals surface area contributed by atoms with E-state index in [-0.39, 0.29) is 30.4 Å². The first kappa shape index (κ1) is 14.1. The van der Waals surface area contributed by atoms with E-state index < -0.39 is 4.75 Å². The predicted molar refractivity (Wildman–Crippen MR) is 77.4 cm³/mol. The highest BCUT2D eigenvalue weighted by molar-refractivity contribution is 8.16. The summed E-state index contributed by atoms with van der Waals surface area (Å²) >= 11 is 1.41. The van der Waals surface area contributed by atoms with Crippen LogP contribution in [0.25, 0.3) is 0 Å². The SMILES string of the molecule is C[C@H](CO)[C@]1(C)SC(=N[C@H]2C[C@H]3C[C@@H]2CC3=O)NC1=O. The number of Topliss-reactive ketones (excluding diaryl/α,β-unsaturated/α-hetero) is 1. The number of hydrogen-bond acceptors (Lipinski definition) is 5. The molecule has 6 heteroatoms. The van der Waals surface area contributed by atoms with E-state index in [0.717, 1.165) is 12.8 Å². The maximum atomic E-state index is 12.1. The van der Waals surface area contributed by atoms with E-state index in [2.05, 4.69) is 10.3 Å². The van der Waals surface area contributed by atoms with Gasteiger partial charge in [0.05, 0.1) is 6.04 Å². The van der Waals surface area contributed by atoms with Gasteiger partial charge in [0.15, 0.2) is 5.17 Å². The van der Waals surface area contributed by atoms with Crippen molar-refractivity contribution in [3.05, 3.63) is 0 Å². The summed E-state index contributed by atoms with van der Waals surface area (Å²) in [5.74, 6) is 0.732. The number of aliphatic hydroxyl groups is 1. The monoisotopic (exact) mass is 296 g/mol. The van der Waals surface area contributed by atoms with Crippen LogP contribution in [0.1, 0.15) is 33.1 Å². The molecule has 5 nitrogen and oxygen atoms in total. The topological polar surface area (TPSA) is 78.8 Å². The second-order valence-corrected chi connectivity index (χ2v) is 7.79. The number of amides is 1. The smallest absolute Gasteiger partial charge is 0.242 e. The van der Waals surface area contributed by atoms with Gasteiger partial charge in [0.2, 0.25) is 5.91 Å². The first-order chi connectivity index (χ1) is 9.44. The van der Waals surface area contributed by atoms with Crippen molar-refractivity contribution in [3.63, 3.8) is 0 Å². The quantitative estimate of drug-likeness (QED) is 0.813. The molecule has 1 amide bonds. The standard InChI is InChI=1S/C14H20N2O3S/c1-7(6-17)14(2)12(19)16-13(20-14)15-10-4-9-3-8(10)5-11(9)18/h7-10,17H,3-6H2,1-2H3,(H,15,16,19)/t7-,8-,9-,10+,14+/m1/s1. The number of hydrogen-bond donors (Lipinski definition) is 2. The molecule has 2 bridgehead atoms. The zero-order chi connectivity index (χ0) is 14.5. The molecule has 3 fully saturated rings. The van der Waals surface area contributed by atoms with E-state index in [1.807, 2.05) is 13.8 Å². The van der Waals surface area contributed by atoms with Crippen molar-refractivity contribution in [1.29, 1.82) is 0 Å². The number of aliphatic hydroxyl groups excluding tert-OH is 1. The zero-order valence-corrected chi connectivity index (χ0v) is 12.6. The van der Waals surface area contributed by atoms with E-state index in [9.17, 15) is 14.7 Å². The van der Waals surface area contributed by atoms with E-state index in [0.29, 0.717) is 23.3 Å². The number of nitrogens with one attached hydrogen (secondary N) is 1. The van der Waals surface area contributed by atoms with Gasteiger partial charge < -0.3 is 10.4 Å². The number of nitrogens with zero attached hydrogens (tertiary/aromatic N) is 1. The van der Waals surface area contributed by atoms with Crippen molar-refractivity contribution in [2.24, 2.45) is 22.7 Å². The highest BCUT2D eigenvalue weighted by Gasteiger charge is 2.49. The number of thioether (sulfide) groups is 1. The van der Waals surface area contributed by atoms with Crippen LogP contribution in [0.3, 0.4) is 0 Å². The molecule has 1 heterocycles. The minimum absolute atomic E-state index is 0.0210. The number of carbonyl (C=O) groups is 2. The number of ketones is 1. The molecule has 3 aliphatic rings. The van der Waals surface area contributed by atoms with Gasteiger partial charge >= 0.3 is 0 Å².